The van der Waals surface area contributed by atoms with Crippen molar-refractivity contribution in [1.29, 1.82) is 0 Å². The molecule has 0 radical (unpaired) electrons. The average Bonchev–Trinajstić information content (AvgIpc) is 2.68. The van der Waals surface area contributed by atoms with Gasteiger partial charge in [-0.1, -0.05) is 53.6 Å². The van der Waals surface area contributed by atoms with Crippen LogP contribution in [0.15, 0.2) is 66.7 Å². The molecule has 150 valence electrons. The first-order valence-corrected chi connectivity index (χ1v) is 11.0. The fourth-order valence-electron chi connectivity index (χ4n) is 2.91. The van der Waals surface area contributed by atoms with Crippen molar-refractivity contribution in [2.45, 2.75) is 13.8 Å². The van der Waals surface area contributed by atoms with Crippen molar-refractivity contribution in [1.82, 2.24) is 0 Å². The lowest BCUT2D eigenvalue weighted by molar-refractivity contribution is 0.102. The van der Waals surface area contributed by atoms with E-state index in [1.165, 1.54) is 7.05 Å². The zero-order valence-electron chi connectivity index (χ0n) is 16.9. The molecule has 1 amide bonds. The minimum absolute atomic E-state index is 0.297. The lowest BCUT2D eigenvalue weighted by atomic mass is 10.0. The molecular formula is C23H24N2O3S. The van der Waals surface area contributed by atoms with Gasteiger partial charge in [0.05, 0.1) is 17.6 Å². The quantitative estimate of drug-likeness (QED) is 0.670. The molecule has 0 unspecified atom stereocenters. The van der Waals surface area contributed by atoms with Gasteiger partial charge in [-0.3, -0.25) is 9.10 Å². The Hall–Kier alpha value is -3.12. The third-order valence-corrected chi connectivity index (χ3v) is 5.97. The van der Waals surface area contributed by atoms with Gasteiger partial charge in [0.1, 0.15) is 0 Å². The molecule has 0 bridgehead atoms. The molecule has 0 fully saturated rings. The molecule has 0 heterocycles. The summed E-state index contributed by atoms with van der Waals surface area (Å²) in [7, 11) is -2.02. The Bertz CT molecular complexity index is 1140. The van der Waals surface area contributed by atoms with Crippen LogP contribution in [-0.2, 0) is 10.0 Å². The maximum absolute atomic E-state index is 12.8. The molecule has 0 atom stereocenters. The van der Waals surface area contributed by atoms with E-state index in [-0.39, 0.29) is 5.91 Å². The van der Waals surface area contributed by atoms with E-state index < -0.39 is 10.0 Å². The molecule has 1 N–H and O–H groups in total. The predicted molar refractivity (Wildman–Crippen MR) is 119 cm³/mol. The number of sulfonamides is 1. The number of carbonyl (C=O) groups is 1. The van der Waals surface area contributed by atoms with Crippen LogP contribution in [0, 0.1) is 13.8 Å². The summed E-state index contributed by atoms with van der Waals surface area (Å²) in [5.41, 5.74) is 5.41. The van der Waals surface area contributed by atoms with Crippen LogP contribution in [0.2, 0.25) is 0 Å². The van der Waals surface area contributed by atoms with Gasteiger partial charge in [0.25, 0.3) is 5.91 Å². The summed E-state index contributed by atoms with van der Waals surface area (Å²) in [6.07, 6.45) is 1.13. The van der Waals surface area contributed by atoms with Crippen LogP contribution in [0.25, 0.3) is 11.1 Å². The lowest BCUT2D eigenvalue weighted by Gasteiger charge is -2.21. The summed E-state index contributed by atoms with van der Waals surface area (Å²) < 4.78 is 25.3. The second kappa shape index (κ2) is 8.09. The van der Waals surface area contributed by atoms with Crippen LogP contribution in [-0.4, -0.2) is 27.6 Å². The summed E-state index contributed by atoms with van der Waals surface area (Å²) >= 11 is 0. The molecule has 3 aromatic rings. The number of hydrogen-bond donors (Lipinski definition) is 1. The lowest BCUT2D eigenvalue weighted by Crippen LogP contribution is -2.26. The first kappa shape index (κ1) is 20.6. The highest BCUT2D eigenvalue weighted by Gasteiger charge is 2.18. The van der Waals surface area contributed by atoms with Gasteiger partial charge in [0.15, 0.2) is 0 Å². The van der Waals surface area contributed by atoms with Gasteiger partial charge in [-0.05, 0) is 49.2 Å². The van der Waals surface area contributed by atoms with Crippen LogP contribution in [0.3, 0.4) is 0 Å². The molecule has 0 aliphatic rings. The van der Waals surface area contributed by atoms with E-state index in [0.717, 1.165) is 32.8 Å². The normalized spacial score (nSPS) is 11.2. The average molecular weight is 409 g/mol. The van der Waals surface area contributed by atoms with Crippen molar-refractivity contribution in [2.75, 3.05) is 22.9 Å². The summed E-state index contributed by atoms with van der Waals surface area (Å²) in [5.74, 6) is -0.297. The zero-order valence-corrected chi connectivity index (χ0v) is 17.7. The first-order chi connectivity index (χ1) is 13.6. The van der Waals surface area contributed by atoms with Crippen molar-refractivity contribution >= 4 is 27.3 Å². The molecule has 0 aliphatic carbocycles. The first-order valence-electron chi connectivity index (χ1n) is 9.18. The van der Waals surface area contributed by atoms with Gasteiger partial charge < -0.3 is 5.32 Å². The number of rotatable bonds is 5. The molecule has 0 saturated heterocycles. The number of benzene rings is 3. The minimum atomic E-state index is -3.49. The fraction of sp³-hybridized carbons (Fsp3) is 0.174. The summed E-state index contributed by atoms with van der Waals surface area (Å²) in [5, 5.41) is 2.88. The highest BCUT2D eigenvalue weighted by atomic mass is 32.2. The van der Waals surface area contributed by atoms with E-state index >= 15 is 0 Å². The summed E-state index contributed by atoms with van der Waals surface area (Å²) in [6, 6.07) is 20.6. The van der Waals surface area contributed by atoms with Crippen molar-refractivity contribution in [3.63, 3.8) is 0 Å². The number of hydrogen-bond acceptors (Lipinski definition) is 3. The van der Waals surface area contributed by atoms with Crippen LogP contribution >= 0.6 is 0 Å². The standard InChI is InChI=1S/C23H24N2O3S/c1-16-5-9-18(10-6-16)20-13-14-22(25(3)29(4,27)28)21(15-20)24-23(26)19-11-7-17(2)8-12-19/h5-15H,1-4H3,(H,24,26). The Kier molecular flexibility index (Phi) is 5.75. The fourth-order valence-corrected chi connectivity index (χ4v) is 3.43. The third kappa shape index (κ3) is 4.84. The third-order valence-electron chi connectivity index (χ3n) is 4.78. The van der Waals surface area contributed by atoms with Gasteiger partial charge in [-0.2, -0.15) is 0 Å². The van der Waals surface area contributed by atoms with E-state index in [2.05, 4.69) is 5.32 Å². The van der Waals surface area contributed by atoms with Gasteiger partial charge in [0.2, 0.25) is 10.0 Å². The smallest absolute Gasteiger partial charge is 0.255 e. The van der Waals surface area contributed by atoms with Crippen LogP contribution in [0.5, 0.6) is 0 Å². The molecule has 29 heavy (non-hydrogen) atoms. The van der Waals surface area contributed by atoms with Gasteiger partial charge >= 0.3 is 0 Å². The Morgan fingerprint density at radius 2 is 1.34 bits per heavy atom. The van der Waals surface area contributed by atoms with E-state index in [1.54, 1.807) is 24.3 Å². The molecule has 3 aromatic carbocycles. The van der Waals surface area contributed by atoms with Crippen molar-refractivity contribution in [2.24, 2.45) is 0 Å². The van der Waals surface area contributed by atoms with Crippen molar-refractivity contribution < 1.29 is 13.2 Å². The number of anilines is 2. The summed E-state index contributed by atoms with van der Waals surface area (Å²) in [4.78, 5) is 12.8. The Morgan fingerprint density at radius 3 is 1.90 bits per heavy atom. The van der Waals surface area contributed by atoms with Crippen molar-refractivity contribution in [3.8, 4) is 11.1 Å². The molecule has 0 saturated carbocycles. The van der Waals surface area contributed by atoms with E-state index in [1.807, 2.05) is 56.3 Å². The maximum Gasteiger partial charge on any atom is 0.255 e. The molecule has 3 rings (SSSR count). The second-order valence-corrected chi connectivity index (χ2v) is 9.16. The van der Waals surface area contributed by atoms with Crippen molar-refractivity contribution in [3.05, 3.63) is 83.4 Å². The molecule has 0 aliphatic heterocycles. The molecule has 5 nitrogen and oxygen atoms in total. The van der Waals surface area contributed by atoms with Crippen LogP contribution in [0.4, 0.5) is 11.4 Å². The molecule has 0 aromatic heterocycles. The number of aryl methyl sites for hydroxylation is 2. The minimum Gasteiger partial charge on any atom is -0.320 e. The van der Waals surface area contributed by atoms with E-state index in [9.17, 15) is 13.2 Å². The molecular weight excluding hydrogens is 384 g/mol. The van der Waals surface area contributed by atoms with E-state index in [4.69, 9.17) is 0 Å². The largest absolute Gasteiger partial charge is 0.320 e. The maximum atomic E-state index is 12.8. The number of carbonyl (C=O) groups excluding carboxylic acids is 1. The van der Waals surface area contributed by atoms with Crippen LogP contribution < -0.4 is 9.62 Å². The topological polar surface area (TPSA) is 66.5 Å². The number of nitrogens with one attached hydrogen (secondary N) is 1. The van der Waals surface area contributed by atoms with Gasteiger partial charge in [-0.25, -0.2) is 8.42 Å². The SMILES string of the molecule is Cc1ccc(C(=O)Nc2cc(-c3ccc(C)cc3)ccc2N(C)S(C)(=O)=O)cc1. The van der Waals surface area contributed by atoms with Gasteiger partial charge in [0, 0.05) is 12.6 Å². The number of amides is 1. The van der Waals surface area contributed by atoms with E-state index in [0.29, 0.717) is 16.9 Å². The highest BCUT2D eigenvalue weighted by Crippen LogP contribution is 2.32. The zero-order chi connectivity index (χ0) is 21.2. The monoisotopic (exact) mass is 408 g/mol. The molecule has 0 spiro atoms. The predicted octanol–water partition coefficient (Wildman–Crippen LogP) is 4.62. The molecule has 6 heteroatoms. The number of nitrogens with zero attached hydrogens (tertiary/aromatic N) is 1. The Balaban J connectivity index is 2.04. The highest BCUT2D eigenvalue weighted by molar-refractivity contribution is 7.92. The Labute approximate surface area is 172 Å². The summed E-state index contributed by atoms with van der Waals surface area (Å²) in [6.45, 7) is 3.97. The Morgan fingerprint density at radius 1 is 0.828 bits per heavy atom. The van der Waals surface area contributed by atoms with Gasteiger partial charge in [-0.15, -0.1) is 0 Å². The second-order valence-electron chi connectivity index (χ2n) is 7.15. The van der Waals surface area contributed by atoms with Crippen LogP contribution in [0.1, 0.15) is 21.5 Å².